The molecule has 3 aromatic rings. The van der Waals surface area contributed by atoms with Crippen molar-refractivity contribution in [2.24, 2.45) is 0 Å². The van der Waals surface area contributed by atoms with Crippen LogP contribution in [-0.2, 0) is 10.5 Å². The van der Waals surface area contributed by atoms with Crippen molar-refractivity contribution in [1.29, 1.82) is 0 Å². The number of anilines is 1. The fourth-order valence-electron chi connectivity index (χ4n) is 2.63. The van der Waals surface area contributed by atoms with E-state index in [1.165, 1.54) is 17.8 Å². The smallest absolute Gasteiger partial charge is 0.252 e. The molecule has 0 unspecified atom stereocenters. The first-order chi connectivity index (χ1) is 12.8. The lowest BCUT2D eigenvalue weighted by molar-refractivity contribution is 0.122. The van der Waals surface area contributed by atoms with Gasteiger partial charge in [-0.1, -0.05) is 30.0 Å². The van der Waals surface area contributed by atoms with E-state index in [4.69, 9.17) is 4.74 Å². The van der Waals surface area contributed by atoms with E-state index in [1.807, 2.05) is 35.2 Å². The summed E-state index contributed by atoms with van der Waals surface area (Å²) in [5.41, 5.74) is 1.40. The Bertz CT molecular complexity index is 922. The predicted molar refractivity (Wildman–Crippen MR) is 96.6 cm³/mol. The van der Waals surface area contributed by atoms with Crippen molar-refractivity contribution in [3.63, 3.8) is 0 Å². The highest BCUT2D eigenvalue weighted by Gasteiger charge is 2.15. The number of aromatic amines is 1. The minimum absolute atomic E-state index is 0.167. The molecular weight excluding hydrogens is 354 g/mol. The first-order valence-corrected chi connectivity index (χ1v) is 9.18. The van der Waals surface area contributed by atoms with Gasteiger partial charge in [0.25, 0.3) is 5.56 Å². The Morgan fingerprint density at radius 3 is 2.81 bits per heavy atom. The van der Waals surface area contributed by atoms with Crippen LogP contribution in [0.5, 0.6) is 0 Å². The van der Waals surface area contributed by atoms with E-state index in [-0.39, 0.29) is 5.56 Å². The average Bonchev–Trinajstić information content (AvgIpc) is 3.16. The molecule has 0 radical (unpaired) electrons. The molecule has 2 aromatic heterocycles. The lowest BCUT2D eigenvalue weighted by Crippen LogP contribution is -2.38. The standard InChI is InChI=1S/C16H17N7O2S/c24-14-10-12(17-15(18-14)22-6-8-25-9-7-22)11-26-16-19-20-21-23(16)13-4-2-1-3-5-13/h1-5,10H,6-9,11H2,(H,17,18,24). The number of nitrogens with one attached hydrogen (secondary N) is 1. The number of ether oxygens (including phenoxy) is 1. The van der Waals surface area contributed by atoms with Gasteiger partial charge in [-0.3, -0.25) is 9.78 Å². The normalized spacial score (nSPS) is 14.5. The molecule has 0 amide bonds. The van der Waals surface area contributed by atoms with Crippen LogP contribution in [0.4, 0.5) is 5.95 Å². The van der Waals surface area contributed by atoms with Crippen LogP contribution in [0.25, 0.3) is 5.69 Å². The molecule has 4 rings (SSSR count). The Morgan fingerprint density at radius 1 is 1.19 bits per heavy atom. The van der Waals surface area contributed by atoms with Crippen molar-refractivity contribution in [2.45, 2.75) is 10.9 Å². The number of nitrogens with zero attached hydrogens (tertiary/aromatic N) is 6. The lowest BCUT2D eigenvalue weighted by atomic mass is 10.3. The van der Waals surface area contributed by atoms with Crippen LogP contribution in [0.3, 0.4) is 0 Å². The Kier molecular flexibility index (Phi) is 4.93. The number of hydrogen-bond acceptors (Lipinski definition) is 8. The SMILES string of the molecule is O=c1cc(CSc2nnnn2-c2ccccc2)nc(N2CCOCC2)[nH]1. The quantitative estimate of drug-likeness (QED) is 0.660. The highest BCUT2D eigenvalue weighted by molar-refractivity contribution is 7.98. The Hall–Kier alpha value is -2.72. The van der Waals surface area contributed by atoms with Crippen molar-refractivity contribution in [3.8, 4) is 5.69 Å². The van der Waals surface area contributed by atoms with Crippen molar-refractivity contribution in [2.75, 3.05) is 31.2 Å². The second-order valence-corrected chi connectivity index (χ2v) is 6.60. The van der Waals surface area contributed by atoms with Gasteiger partial charge in [0, 0.05) is 24.9 Å². The summed E-state index contributed by atoms with van der Waals surface area (Å²) in [6.45, 7) is 2.70. The summed E-state index contributed by atoms with van der Waals surface area (Å²) in [6, 6.07) is 11.2. The Labute approximate surface area is 153 Å². The van der Waals surface area contributed by atoms with Crippen LogP contribution in [0.1, 0.15) is 5.69 Å². The monoisotopic (exact) mass is 371 g/mol. The van der Waals surface area contributed by atoms with Gasteiger partial charge in [0.2, 0.25) is 11.1 Å². The highest BCUT2D eigenvalue weighted by atomic mass is 32.2. The molecule has 3 heterocycles. The minimum Gasteiger partial charge on any atom is -0.378 e. The van der Waals surface area contributed by atoms with Gasteiger partial charge in [0.05, 0.1) is 24.6 Å². The molecule has 1 aliphatic heterocycles. The number of aromatic nitrogens is 6. The van der Waals surface area contributed by atoms with Crippen molar-refractivity contribution in [3.05, 3.63) is 52.4 Å². The van der Waals surface area contributed by atoms with Gasteiger partial charge in [-0.05, 0) is 22.6 Å². The predicted octanol–water partition coefficient (Wildman–Crippen LogP) is 0.874. The average molecular weight is 371 g/mol. The van der Waals surface area contributed by atoms with E-state index in [2.05, 4.69) is 25.5 Å². The highest BCUT2D eigenvalue weighted by Crippen LogP contribution is 2.21. The zero-order valence-corrected chi connectivity index (χ0v) is 14.7. The van der Waals surface area contributed by atoms with Crippen LogP contribution in [0.2, 0.25) is 0 Å². The largest absolute Gasteiger partial charge is 0.378 e. The van der Waals surface area contributed by atoms with E-state index in [9.17, 15) is 4.79 Å². The number of thioether (sulfide) groups is 1. The number of para-hydroxylation sites is 1. The van der Waals surface area contributed by atoms with Crippen LogP contribution in [-0.4, -0.2) is 56.5 Å². The van der Waals surface area contributed by atoms with Crippen molar-refractivity contribution in [1.82, 2.24) is 30.2 Å². The van der Waals surface area contributed by atoms with E-state index >= 15 is 0 Å². The first-order valence-electron chi connectivity index (χ1n) is 8.19. The molecule has 1 aromatic carbocycles. The summed E-state index contributed by atoms with van der Waals surface area (Å²) in [7, 11) is 0. The molecule has 0 atom stereocenters. The van der Waals surface area contributed by atoms with Crippen LogP contribution >= 0.6 is 11.8 Å². The van der Waals surface area contributed by atoms with Crippen molar-refractivity contribution >= 4 is 17.7 Å². The van der Waals surface area contributed by atoms with E-state index in [1.54, 1.807) is 4.68 Å². The van der Waals surface area contributed by atoms with Gasteiger partial charge in [-0.15, -0.1) is 5.10 Å². The molecule has 0 bridgehead atoms. The fourth-order valence-corrected chi connectivity index (χ4v) is 3.41. The molecule has 26 heavy (non-hydrogen) atoms. The van der Waals surface area contributed by atoms with Crippen molar-refractivity contribution < 1.29 is 4.74 Å². The van der Waals surface area contributed by atoms with Gasteiger partial charge in [-0.2, -0.15) is 4.68 Å². The Balaban J connectivity index is 1.51. The summed E-state index contributed by atoms with van der Waals surface area (Å²) >= 11 is 1.43. The fraction of sp³-hybridized carbons (Fsp3) is 0.312. The number of benzene rings is 1. The molecule has 9 nitrogen and oxygen atoms in total. The molecule has 1 fully saturated rings. The second kappa shape index (κ2) is 7.67. The molecule has 1 N–H and O–H groups in total. The summed E-state index contributed by atoms with van der Waals surface area (Å²) in [5.74, 6) is 1.08. The zero-order valence-electron chi connectivity index (χ0n) is 13.9. The molecule has 1 aliphatic rings. The molecule has 10 heteroatoms. The van der Waals surface area contributed by atoms with E-state index in [0.717, 1.165) is 5.69 Å². The van der Waals surface area contributed by atoms with Gasteiger partial charge in [0.15, 0.2) is 0 Å². The molecule has 0 spiro atoms. The maximum Gasteiger partial charge on any atom is 0.252 e. The maximum atomic E-state index is 12.0. The molecule has 134 valence electrons. The van der Waals surface area contributed by atoms with Crippen LogP contribution in [0, 0.1) is 0 Å². The van der Waals surface area contributed by atoms with E-state index < -0.39 is 0 Å². The number of hydrogen-bond donors (Lipinski definition) is 1. The third-order valence-electron chi connectivity index (χ3n) is 3.88. The summed E-state index contributed by atoms with van der Waals surface area (Å²) < 4.78 is 7.01. The third kappa shape index (κ3) is 3.75. The summed E-state index contributed by atoms with van der Waals surface area (Å²) in [6.07, 6.45) is 0. The minimum atomic E-state index is -0.167. The summed E-state index contributed by atoms with van der Waals surface area (Å²) in [5, 5.41) is 12.5. The molecule has 0 saturated carbocycles. The molecule has 0 aliphatic carbocycles. The topological polar surface area (TPSA) is 102 Å². The number of morpholine rings is 1. The zero-order chi connectivity index (χ0) is 17.8. The van der Waals surface area contributed by atoms with Gasteiger partial charge in [0.1, 0.15) is 0 Å². The number of rotatable bonds is 5. The molecule has 1 saturated heterocycles. The first kappa shape index (κ1) is 16.7. The third-order valence-corrected chi connectivity index (χ3v) is 4.84. The summed E-state index contributed by atoms with van der Waals surface area (Å²) in [4.78, 5) is 21.4. The maximum absolute atomic E-state index is 12.0. The van der Waals surface area contributed by atoms with Crippen LogP contribution < -0.4 is 10.5 Å². The molecular formula is C16H17N7O2S. The second-order valence-electron chi connectivity index (χ2n) is 5.66. The number of H-pyrrole nitrogens is 1. The van der Waals surface area contributed by atoms with Crippen LogP contribution in [0.15, 0.2) is 46.3 Å². The lowest BCUT2D eigenvalue weighted by Gasteiger charge is -2.27. The van der Waals surface area contributed by atoms with Gasteiger partial charge in [-0.25, -0.2) is 4.98 Å². The number of tetrazole rings is 1. The van der Waals surface area contributed by atoms with Gasteiger partial charge < -0.3 is 9.64 Å². The van der Waals surface area contributed by atoms with Gasteiger partial charge >= 0.3 is 0 Å². The Morgan fingerprint density at radius 2 is 2.00 bits per heavy atom. The van der Waals surface area contributed by atoms with E-state index in [0.29, 0.717) is 48.9 Å².